The molecule has 0 spiro atoms. The minimum atomic E-state index is -0.467. The Hall–Kier alpha value is -1.84. The van der Waals surface area contributed by atoms with Crippen LogP contribution in [0.1, 0.15) is 37.3 Å². The number of esters is 1. The van der Waals surface area contributed by atoms with Gasteiger partial charge in [0.25, 0.3) is 0 Å². The van der Waals surface area contributed by atoms with Crippen LogP contribution in [0.2, 0.25) is 0 Å². The molecule has 1 amide bonds. The van der Waals surface area contributed by atoms with E-state index in [0.717, 1.165) is 16.8 Å². The van der Waals surface area contributed by atoms with Crippen molar-refractivity contribution in [2.24, 2.45) is 0 Å². The SMILES string of the molecule is CCOC(=O)C1CC(=O)N(CC)c2ccc(C)cc21. The molecule has 0 saturated heterocycles. The molecular formula is C15H19NO3. The number of anilines is 1. The third-order valence-corrected chi connectivity index (χ3v) is 3.42. The van der Waals surface area contributed by atoms with E-state index in [0.29, 0.717) is 13.2 Å². The molecule has 1 aromatic carbocycles. The molecule has 0 aromatic heterocycles. The van der Waals surface area contributed by atoms with Crippen molar-refractivity contribution in [2.75, 3.05) is 18.1 Å². The standard InChI is InChI=1S/C15H19NO3/c1-4-16-13-7-6-10(3)8-11(13)12(9-14(16)17)15(18)19-5-2/h6-8,12H,4-5,9H2,1-3H3. The molecule has 19 heavy (non-hydrogen) atoms. The zero-order valence-electron chi connectivity index (χ0n) is 11.6. The number of hydrogen-bond acceptors (Lipinski definition) is 3. The van der Waals surface area contributed by atoms with E-state index < -0.39 is 5.92 Å². The Kier molecular flexibility index (Phi) is 3.88. The van der Waals surface area contributed by atoms with E-state index in [1.165, 1.54) is 0 Å². The Morgan fingerprint density at radius 1 is 1.42 bits per heavy atom. The molecule has 1 aliphatic rings. The number of fused-ring (bicyclic) bond motifs is 1. The second kappa shape index (κ2) is 5.43. The molecule has 1 unspecified atom stereocenters. The molecule has 4 heteroatoms. The maximum absolute atomic E-state index is 12.1. The van der Waals surface area contributed by atoms with Crippen molar-refractivity contribution in [3.63, 3.8) is 0 Å². The van der Waals surface area contributed by atoms with Gasteiger partial charge in [0.1, 0.15) is 0 Å². The van der Waals surface area contributed by atoms with Crippen LogP contribution in [0.3, 0.4) is 0 Å². The largest absolute Gasteiger partial charge is 0.466 e. The highest BCUT2D eigenvalue weighted by Crippen LogP contribution is 2.37. The first kappa shape index (κ1) is 13.6. The monoisotopic (exact) mass is 261 g/mol. The minimum absolute atomic E-state index is 0.0168. The summed E-state index contributed by atoms with van der Waals surface area (Å²) in [5, 5.41) is 0. The summed E-state index contributed by atoms with van der Waals surface area (Å²) in [6.07, 6.45) is 0.198. The number of carbonyl (C=O) groups excluding carboxylic acids is 2. The average molecular weight is 261 g/mol. The zero-order valence-corrected chi connectivity index (χ0v) is 11.6. The quantitative estimate of drug-likeness (QED) is 0.785. The Balaban J connectivity index is 2.47. The molecule has 0 aliphatic carbocycles. The van der Waals surface area contributed by atoms with Gasteiger partial charge in [0.15, 0.2) is 0 Å². The first-order valence-corrected chi connectivity index (χ1v) is 6.66. The number of carbonyl (C=O) groups is 2. The number of ether oxygens (including phenoxy) is 1. The smallest absolute Gasteiger partial charge is 0.314 e. The number of rotatable bonds is 3. The van der Waals surface area contributed by atoms with Gasteiger partial charge < -0.3 is 9.64 Å². The molecule has 1 atom stereocenters. The van der Waals surface area contributed by atoms with Crippen molar-refractivity contribution in [1.29, 1.82) is 0 Å². The molecule has 0 fully saturated rings. The number of aryl methyl sites for hydroxylation is 1. The second-order valence-corrected chi connectivity index (χ2v) is 4.71. The van der Waals surface area contributed by atoms with Crippen LogP contribution in [0, 0.1) is 6.92 Å². The van der Waals surface area contributed by atoms with Gasteiger partial charge in [-0.15, -0.1) is 0 Å². The topological polar surface area (TPSA) is 46.6 Å². The van der Waals surface area contributed by atoms with E-state index in [4.69, 9.17) is 4.74 Å². The maximum Gasteiger partial charge on any atom is 0.314 e. The number of benzene rings is 1. The number of hydrogen-bond donors (Lipinski definition) is 0. The van der Waals surface area contributed by atoms with E-state index in [9.17, 15) is 9.59 Å². The van der Waals surface area contributed by atoms with Crippen molar-refractivity contribution in [3.8, 4) is 0 Å². The van der Waals surface area contributed by atoms with E-state index in [2.05, 4.69) is 0 Å². The lowest BCUT2D eigenvalue weighted by atomic mass is 9.88. The van der Waals surface area contributed by atoms with Gasteiger partial charge in [-0.05, 0) is 32.4 Å². The van der Waals surface area contributed by atoms with E-state index in [1.807, 2.05) is 32.0 Å². The van der Waals surface area contributed by atoms with Crippen molar-refractivity contribution in [1.82, 2.24) is 0 Å². The highest BCUT2D eigenvalue weighted by molar-refractivity contribution is 6.01. The van der Waals surface area contributed by atoms with Crippen LogP contribution >= 0.6 is 0 Å². The number of amides is 1. The lowest BCUT2D eigenvalue weighted by Gasteiger charge is -2.32. The molecule has 0 bridgehead atoms. The van der Waals surface area contributed by atoms with Gasteiger partial charge in [0, 0.05) is 18.7 Å². The summed E-state index contributed by atoms with van der Waals surface area (Å²) in [5.41, 5.74) is 2.82. The Morgan fingerprint density at radius 3 is 2.79 bits per heavy atom. The van der Waals surface area contributed by atoms with E-state index in [1.54, 1.807) is 11.8 Å². The summed E-state index contributed by atoms with van der Waals surface area (Å²) in [4.78, 5) is 25.9. The van der Waals surface area contributed by atoms with Crippen molar-refractivity contribution in [2.45, 2.75) is 33.1 Å². The van der Waals surface area contributed by atoms with E-state index >= 15 is 0 Å². The van der Waals surface area contributed by atoms with Crippen LogP contribution in [-0.4, -0.2) is 25.0 Å². The lowest BCUT2D eigenvalue weighted by molar-refractivity contribution is -0.146. The highest BCUT2D eigenvalue weighted by Gasteiger charge is 2.35. The van der Waals surface area contributed by atoms with E-state index in [-0.39, 0.29) is 18.3 Å². The number of nitrogens with zero attached hydrogens (tertiary/aromatic N) is 1. The van der Waals surface area contributed by atoms with Gasteiger partial charge in [-0.1, -0.05) is 17.7 Å². The molecule has 4 nitrogen and oxygen atoms in total. The zero-order chi connectivity index (χ0) is 14.0. The van der Waals surface area contributed by atoms with Gasteiger partial charge in [-0.3, -0.25) is 9.59 Å². The van der Waals surface area contributed by atoms with Crippen LogP contribution in [0.15, 0.2) is 18.2 Å². The summed E-state index contributed by atoms with van der Waals surface area (Å²) in [5.74, 6) is -0.791. The minimum Gasteiger partial charge on any atom is -0.466 e. The third kappa shape index (κ3) is 2.48. The van der Waals surface area contributed by atoms with Crippen molar-refractivity contribution in [3.05, 3.63) is 29.3 Å². The Morgan fingerprint density at radius 2 is 2.16 bits per heavy atom. The maximum atomic E-state index is 12.1. The van der Waals surface area contributed by atoms with Crippen molar-refractivity contribution >= 4 is 17.6 Å². The van der Waals surface area contributed by atoms with Gasteiger partial charge >= 0.3 is 5.97 Å². The lowest BCUT2D eigenvalue weighted by Crippen LogP contribution is -2.38. The summed E-state index contributed by atoms with van der Waals surface area (Å²) in [6, 6.07) is 5.85. The summed E-state index contributed by atoms with van der Waals surface area (Å²) in [6.45, 7) is 6.64. The predicted octanol–water partition coefficient (Wildman–Crippen LogP) is 2.40. The van der Waals surface area contributed by atoms with Crippen LogP contribution in [-0.2, 0) is 14.3 Å². The molecule has 1 heterocycles. The fourth-order valence-corrected chi connectivity index (χ4v) is 2.53. The van der Waals surface area contributed by atoms with Crippen LogP contribution < -0.4 is 4.90 Å². The van der Waals surface area contributed by atoms with Gasteiger partial charge in [0.2, 0.25) is 5.91 Å². The molecule has 2 rings (SSSR count). The molecule has 1 aliphatic heterocycles. The summed E-state index contributed by atoms with van der Waals surface area (Å²) >= 11 is 0. The summed E-state index contributed by atoms with van der Waals surface area (Å²) in [7, 11) is 0. The first-order chi connectivity index (χ1) is 9.08. The Bertz CT molecular complexity index is 510. The normalized spacial score (nSPS) is 18.2. The first-order valence-electron chi connectivity index (χ1n) is 6.66. The molecule has 0 radical (unpaired) electrons. The van der Waals surface area contributed by atoms with Gasteiger partial charge in [-0.2, -0.15) is 0 Å². The van der Waals surface area contributed by atoms with Crippen LogP contribution in [0.4, 0.5) is 5.69 Å². The average Bonchev–Trinajstić information content (AvgIpc) is 2.38. The highest BCUT2D eigenvalue weighted by atomic mass is 16.5. The molecule has 0 N–H and O–H groups in total. The Labute approximate surface area is 113 Å². The molecule has 102 valence electrons. The third-order valence-electron chi connectivity index (χ3n) is 3.42. The molecule has 0 saturated carbocycles. The van der Waals surface area contributed by atoms with Crippen molar-refractivity contribution < 1.29 is 14.3 Å². The second-order valence-electron chi connectivity index (χ2n) is 4.71. The molecule has 1 aromatic rings. The van der Waals surface area contributed by atoms with Crippen LogP contribution in [0.5, 0.6) is 0 Å². The predicted molar refractivity (Wildman–Crippen MR) is 73.2 cm³/mol. The summed E-state index contributed by atoms with van der Waals surface area (Å²) < 4.78 is 5.09. The fourth-order valence-electron chi connectivity index (χ4n) is 2.53. The van der Waals surface area contributed by atoms with Crippen LogP contribution in [0.25, 0.3) is 0 Å². The molecular weight excluding hydrogens is 242 g/mol. The van der Waals surface area contributed by atoms with Gasteiger partial charge in [-0.25, -0.2) is 0 Å². The van der Waals surface area contributed by atoms with Gasteiger partial charge in [0.05, 0.1) is 12.5 Å². The fraction of sp³-hybridized carbons (Fsp3) is 0.467.